The van der Waals surface area contributed by atoms with E-state index >= 15 is 0 Å². The fourth-order valence-electron chi connectivity index (χ4n) is 3.60. The summed E-state index contributed by atoms with van der Waals surface area (Å²) in [7, 11) is 0. The average molecular weight is 355 g/mol. The van der Waals surface area contributed by atoms with Crippen LogP contribution in [0.25, 0.3) is 0 Å². The quantitative estimate of drug-likeness (QED) is 0.871. The van der Waals surface area contributed by atoms with Gasteiger partial charge in [-0.25, -0.2) is 0 Å². The highest BCUT2D eigenvalue weighted by Gasteiger charge is 2.63. The van der Waals surface area contributed by atoms with Gasteiger partial charge in [-0.1, -0.05) is 32.0 Å². The maximum atomic E-state index is 12.9. The van der Waals surface area contributed by atoms with Crippen LogP contribution in [-0.4, -0.2) is 30.8 Å². The number of carbonyl (C=O) groups excluding carboxylic acids is 1. The van der Waals surface area contributed by atoms with Gasteiger partial charge in [-0.3, -0.25) is 4.79 Å². The van der Waals surface area contributed by atoms with Crippen LogP contribution in [0.4, 0.5) is 0 Å². The van der Waals surface area contributed by atoms with Gasteiger partial charge in [0.2, 0.25) is 5.91 Å². The molecule has 1 amide bonds. The van der Waals surface area contributed by atoms with Crippen molar-refractivity contribution in [3.63, 3.8) is 0 Å². The second-order valence-corrected chi connectivity index (χ2v) is 7.04. The van der Waals surface area contributed by atoms with E-state index < -0.39 is 5.54 Å². The van der Waals surface area contributed by atoms with E-state index in [2.05, 4.69) is 5.32 Å². The van der Waals surface area contributed by atoms with Crippen LogP contribution in [0.1, 0.15) is 45.2 Å². The molecule has 0 aromatic heterocycles. The zero-order chi connectivity index (χ0) is 16.7. The van der Waals surface area contributed by atoms with Crippen LogP contribution >= 0.6 is 12.4 Å². The van der Waals surface area contributed by atoms with Crippen LogP contribution in [0.2, 0.25) is 0 Å². The van der Waals surface area contributed by atoms with Crippen molar-refractivity contribution < 1.29 is 14.3 Å². The number of hydrogen-bond acceptors (Lipinski definition) is 4. The number of nitrogens with two attached hydrogens (primary N) is 1. The lowest BCUT2D eigenvalue weighted by Gasteiger charge is -2.57. The molecule has 0 radical (unpaired) electrons. The van der Waals surface area contributed by atoms with Crippen molar-refractivity contribution in [2.24, 2.45) is 11.1 Å². The van der Waals surface area contributed by atoms with E-state index in [1.165, 1.54) is 0 Å². The van der Waals surface area contributed by atoms with E-state index in [0.717, 1.165) is 17.7 Å². The number of para-hydroxylation sites is 1. The van der Waals surface area contributed by atoms with Gasteiger partial charge >= 0.3 is 0 Å². The van der Waals surface area contributed by atoms with Crippen LogP contribution in [0.5, 0.6) is 5.75 Å². The van der Waals surface area contributed by atoms with Gasteiger partial charge in [0.05, 0.1) is 18.8 Å². The number of benzene rings is 1. The van der Waals surface area contributed by atoms with E-state index in [4.69, 9.17) is 15.2 Å². The van der Waals surface area contributed by atoms with Gasteiger partial charge in [0.1, 0.15) is 11.3 Å². The summed E-state index contributed by atoms with van der Waals surface area (Å²) in [5, 5.41) is 3.14. The van der Waals surface area contributed by atoms with E-state index in [1.807, 2.05) is 45.0 Å². The van der Waals surface area contributed by atoms with Gasteiger partial charge in [-0.05, 0) is 13.0 Å². The SMILES string of the molecule is CCOC1CC(N)(C(=O)NC2CCOc3ccccc32)C1(C)C.Cl. The van der Waals surface area contributed by atoms with Gasteiger partial charge in [0.15, 0.2) is 0 Å². The van der Waals surface area contributed by atoms with Crippen LogP contribution in [0.3, 0.4) is 0 Å². The molecule has 3 atom stereocenters. The third kappa shape index (κ3) is 2.89. The Morgan fingerprint density at radius 1 is 1.42 bits per heavy atom. The van der Waals surface area contributed by atoms with Crippen LogP contribution < -0.4 is 15.8 Å². The second-order valence-electron chi connectivity index (χ2n) is 7.04. The fourth-order valence-corrected chi connectivity index (χ4v) is 3.60. The number of hydrogen-bond donors (Lipinski definition) is 2. The third-order valence-corrected chi connectivity index (χ3v) is 5.50. The number of ether oxygens (including phenoxy) is 2. The fraction of sp³-hybridized carbons (Fsp3) is 0.611. The van der Waals surface area contributed by atoms with Crippen molar-refractivity contribution in [3.05, 3.63) is 29.8 Å². The lowest BCUT2D eigenvalue weighted by Crippen LogP contribution is -2.75. The maximum Gasteiger partial charge on any atom is 0.241 e. The first-order chi connectivity index (χ1) is 10.9. The number of rotatable bonds is 4. The highest BCUT2D eigenvalue weighted by atomic mass is 35.5. The number of nitrogens with one attached hydrogen (secondary N) is 1. The molecule has 1 aromatic rings. The molecule has 1 saturated carbocycles. The zero-order valence-electron chi connectivity index (χ0n) is 14.5. The Kier molecular flexibility index (Phi) is 5.47. The summed E-state index contributed by atoms with van der Waals surface area (Å²) in [5.74, 6) is 0.746. The maximum absolute atomic E-state index is 12.9. The Bertz CT molecular complexity index is 608. The molecule has 1 heterocycles. The van der Waals surface area contributed by atoms with Crippen molar-refractivity contribution in [3.8, 4) is 5.75 Å². The molecule has 0 spiro atoms. The largest absolute Gasteiger partial charge is 0.493 e. The first-order valence-electron chi connectivity index (χ1n) is 8.33. The van der Waals surface area contributed by atoms with Crippen LogP contribution in [-0.2, 0) is 9.53 Å². The molecule has 3 N–H and O–H groups in total. The highest BCUT2D eigenvalue weighted by Crippen LogP contribution is 2.50. The molecule has 5 nitrogen and oxygen atoms in total. The summed E-state index contributed by atoms with van der Waals surface area (Å²) in [6.45, 7) is 7.22. The van der Waals surface area contributed by atoms with E-state index in [9.17, 15) is 4.79 Å². The Hall–Kier alpha value is -1.30. The Morgan fingerprint density at radius 3 is 2.79 bits per heavy atom. The molecule has 0 saturated heterocycles. The molecule has 2 aliphatic rings. The predicted octanol–water partition coefficient (Wildman–Crippen LogP) is 2.58. The summed E-state index contributed by atoms with van der Waals surface area (Å²) in [4.78, 5) is 12.9. The molecule has 1 aliphatic heterocycles. The lowest BCUT2D eigenvalue weighted by atomic mass is 9.54. The summed E-state index contributed by atoms with van der Waals surface area (Å²) >= 11 is 0. The first kappa shape index (κ1) is 19.0. The number of carbonyl (C=O) groups is 1. The van der Waals surface area contributed by atoms with Gasteiger partial charge in [-0.15, -0.1) is 12.4 Å². The first-order valence-corrected chi connectivity index (χ1v) is 8.33. The Morgan fingerprint density at radius 2 is 2.12 bits per heavy atom. The van der Waals surface area contributed by atoms with E-state index in [-0.39, 0.29) is 35.9 Å². The van der Waals surface area contributed by atoms with E-state index in [0.29, 0.717) is 19.6 Å². The van der Waals surface area contributed by atoms with Gasteiger partial charge in [0, 0.05) is 30.4 Å². The monoisotopic (exact) mass is 354 g/mol. The molecular formula is C18H27ClN2O3. The minimum atomic E-state index is -0.889. The Labute approximate surface area is 149 Å². The number of halogens is 1. The molecule has 3 unspecified atom stereocenters. The second kappa shape index (κ2) is 6.90. The minimum absolute atomic E-state index is 0. The number of fused-ring (bicyclic) bond motifs is 1. The predicted molar refractivity (Wildman–Crippen MR) is 95.4 cm³/mol. The minimum Gasteiger partial charge on any atom is -0.493 e. The van der Waals surface area contributed by atoms with Crippen molar-refractivity contribution in [1.29, 1.82) is 0 Å². The van der Waals surface area contributed by atoms with Crippen molar-refractivity contribution in [2.75, 3.05) is 13.2 Å². The smallest absolute Gasteiger partial charge is 0.241 e. The number of amides is 1. The zero-order valence-corrected chi connectivity index (χ0v) is 15.3. The van der Waals surface area contributed by atoms with Gasteiger partial charge < -0.3 is 20.5 Å². The summed E-state index contributed by atoms with van der Waals surface area (Å²) in [6.07, 6.45) is 1.35. The van der Waals surface area contributed by atoms with Crippen LogP contribution in [0, 0.1) is 5.41 Å². The molecular weight excluding hydrogens is 328 g/mol. The molecule has 0 bridgehead atoms. The van der Waals surface area contributed by atoms with Gasteiger partial charge in [-0.2, -0.15) is 0 Å². The van der Waals surface area contributed by atoms with Gasteiger partial charge in [0.25, 0.3) is 0 Å². The Balaban J connectivity index is 0.00000208. The topological polar surface area (TPSA) is 73.6 Å². The van der Waals surface area contributed by atoms with Crippen molar-refractivity contribution in [2.45, 2.75) is 51.3 Å². The van der Waals surface area contributed by atoms with Crippen molar-refractivity contribution >= 4 is 18.3 Å². The van der Waals surface area contributed by atoms with E-state index in [1.54, 1.807) is 0 Å². The third-order valence-electron chi connectivity index (χ3n) is 5.50. The standard InChI is InChI=1S/C18H26N2O3.ClH/c1-4-22-15-11-18(19,17(15,2)3)16(21)20-13-9-10-23-14-8-6-5-7-12(13)14;/h5-8,13,15H,4,9-11,19H2,1-3H3,(H,20,21);1H. The molecule has 1 aliphatic carbocycles. The molecule has 3 rings (SSSR count). The molecule has 134 valence electrons. The summed E-state index contributed by atoms with van der Waals surface area (Å²) < 4.78 is 11.4. The molecule has 1 fully saturated rings. The highest BCUT2D eigenvalue weighted by molar-refractivity contribution is 5.89. The normalized spacial score (nSPS) is 30.2. The molecule has 1 aromatic carbocycles. The summed E-state index contributed by atoms with van der Waals surface area (Å²) in [5.41, 5.74) is 6.22. The molecule has 24 heavy (non-hydrogen) atoms. The molecule has 6 heteroatoms. The van der Waals surface area contributed by atoms with Crippen LogP contribution in [0.15, 0.2) is 24.3 Å². The lowest BCUT2D eigenvalue weighted by molar-refractivity contribution is -0.171. The average Bonchev–Trinajstić information content (AvgIpc) is 2.54. The summed E-state index contributed by atoms with van der Waals surface area (Å²) in [6, 6.07) is 7.79. The van der Waals surface area contributed by atoms with Crippen molar-refractivity contribution in [1.82, 2.24) is 5.32 Å².